The van der Waals surface area contributed by atoms with Crippen molar-refractivity contribution in [3.63, 3.8) is 0 Å². The molecular formula is C26H25N3O2. The zero-order valence-electron chi connectivity index (χ0n) is 17.6. The number of benzene rings is 2. The van der Waals surface area contributed by atoms with Crippen molar-refractivity contribution < 1.29 is 9.21 Å². The van der Waals surface area contributed by atoms with Gasteiger partial charge in [0.2, 0.25) is 0 Å². The molecule has 0 bridgehead atoms. The highest BCUT2D eigenvalue weighted by atomic mass is 16.3. The third-order valence-electron chi connectivity index (χ3n) is 6.81. The van der Waals surface area contributed by atoms with Gasteiger partial charge in [-0.3, -0.25) is 4.79 Å². The lowest BCUT2D eigenvalue weighted by atomic mass is 10.0. The van der Waals surface area contributed by atoms with Crippen LogP contribution in [0.3, 0.4) is 0 Å². The first-order valence-electron chi connectivity index (χ1n) is 11.0. The van der Waals surface area contributed by atoms with E-state index in [4.69, 9.17) is 4.42 Å². The highest BCUT2D eigenvalue weighted by molar-refractivity contribution is 5.96. The number of carbonyl (C=O) groups excluding carboxylic acids is 1. The second-order valence-corrected chi connectivity index (χ2v) is 8.67. The molecule has 2 aliphatic heterocycles. The van der Waals surface area contributed by atoms with E-state index in [9.17, 15) is 4.79 Å². The van der Waals surface area contributed by atoms with Crippen molar-refractivity contribution in [3.05, 3.63) is 89.0 Å². The zero-order valence-corrected chi connectivity index (χ0v) is 17.6. The predicted octanol–water partition coefficient (Wildman–Crippen LogP) is 4.91. The molecule has 0 saturated carbocycles. The number of nitrogens with zero attached hydrogens (tertiary/aromatic N) is 2. The number of anilines is 1. The van der Waals surface area contributed by atoms with Crippen LogP contribution in [0.1, 0.15) is 39.9 Å². The first-order valence-corrected chi connectivity index (χ1v) is 11.0. The van der Waals surface area contributed by atoms with Crippen molar-refractivity contribution >= 4 is 22.5 Å². The van der Waals surface area contributed by atoms with E-state index < -0.39 is 0 Å². The molecule has 156 valence electrons. The van der Waals surface area contributed by atoms with E-state index in [2.05, 4.69) is 59.3 Å². The van der Waals surface area contributed by atoms with Gasteiger partial charge < -0.3 is 19.2 Å². The van der Waals surface area contributed by atoms with Gasteiger partial charge >= 0.3 is 0 Å². The van der Waals surface area contributed by atoms with Gasteiger partial charge in [0, 0.05) is 53.4 Å². The van der Waals surface area contributed by atoms with Crippen molar-refractivity contribution in [1.82, 2.24) is 9.88 Å². The second kappa shape index (κ2) is 7.05. The van der Waals surface area contributed by atoms with Crippen molar-refractivity contribution in [2.24, 2.45) is 0 Å². The molecule has 4 heterocycles. The summed E-state index contributed by atoms with van der Waals surface area (Å²) in [7, 11) is 0. The van der Waals surface area contributed by atoms with Gasteiger partial charge in [-0.2, -0.15) is 0 Å². The molecule has 0 saturated heterocycles. The number of carbonyl (C=O) groups is 1. The fourth-order valence-corrected chi connectivity index (χ4v) is 5.19. The van der Waals surface area contributed by atoms with Crippen LogP contribution in [0, 0.1) is 0 Å². The van der Waals surface area contributed by atoms with E-state index >= 15 is 0 Å². The third kappa shape index (κ3) is 2.95. The Morgan fingerprint density at radius 1 is 1.13 bits per heavy atom. The van der Waals surface area contributed by atoms with Crippen molar-refractivity contribution in [1.29, 1.82) is 0 Å². The fraction of sp³-hybridized carbons (Fsp3) is 0.269. The van der Waals surface area contributed by atoms with Gasteiger partial charge in [-0.1, -0.05) is 36.4 Å². The Bertz CT molecular complexity index is 1280. The monoisotopic (exact) mass is 411 g/mol. The first-order chi connectivity index (χ1) is 15.2. The van der Waals surface area contributed by atoms with E-state index in [1.54, 1.807) is 6.26 Å². The maximum Gasteiger partial charge on any atom is 0.257 e. The number of H-pyrrole nitrogens is 1. The van der Waals surface area contributed by atoms with E-state index in [1.165, 1.54) is 27.9 Å². The topological polar surface area (TPSA) is 52.5 Å². The Hall–Kier alpha value is -3.47. The second-order valence-electron chi connectivity index (χ2n) is 8.67. The molecule has 2 aromatic heterocycles. The Morgan fingerprint density at radius 3 is 2.90 bits per heavy atom. The quantitative estimate of drug-likeness (QED) is 0.521. The van der Waals surface area contributed by atoms with Gasteiger partial charge in [0.05, 0.1) is 18.4 Å². The van der Waals surface area contributed by atoms with Crippen LogP contribution in [-0.2, 0) is 25.9 Å². The molecule has 4 aromatic rings. The fourth-order valence-electron chi connectivity index (χ4n) is 5.19. The number of aromatic nitrogens is 1. The van der Waals surface area contributed by atoms with Gasteiger partial charge in [-0.25, -0.2) is 0 Å². The lowest BCUT2D eigenvalue weighted by Gasteiger charge is -2.28. The first kappa shape index (κ1) is 18.3. The van der Waals surface area contributed by atoms with Crippen LogP contribution in [0.4, 0.5) is 5.69 Å². The molecule has 6 rings (SSSR count). The minimum absolute atomic E-state index is 0.0554. The summed E-state index contributed by atoms with van der Waals surface area (Å²) in [6, 6.07) is 19.1. The van der Waals surface area contributed by atoms with Gasteiger partial charge in [-0.15, -0.1) is 0 Å². The number of fused-ring (bicyclic) bond motifs is 4. The summed E-state index contributed by atoms with van der Waals surface area (Å²) in [5.41, 5.74) is 6.92. The molecular weight excluding hydrogens is 386 g/mol. The van der Waals surface area contributed by atoms with Crippen LogP contribution in [0.2, 0.25) is 0 Å². The summed E-state index contributed by atoms with van der Waals surface area (Å²) >= 11 is 0. The molecule has 1 unspecified atom stereocenters. The zero-order chi connectivity index (χ0) is 20.9. The predicted molar refractivity (Wildman–Crippen MR) is 121 cm³/mol. The van der Waals surface area contributed by atoms with Crippen molar-refractivity contribution in [2.45, 2.75) is 38.9 Å². The van der Waals surface area contributed by atoms with Crippen LogP contribution in [0.15, 0.2) is 65.3 Å². The summed E-state index contributed by atoms with van der Waals surface area (Å²) in [5.74, 6) is 0.804. The van der Waals surface area contributed by atoms with Crippen LogP contribution in [0.25, 0.3) is 10.9 Å². The Morgan fingerprint density at radius 2 is 1.97 bits per heavy atom. The van der Waals surface area contributed by atoms with Crippen molar-refractivity contribution in [2.75, 3.05) is 11.4 Å². The smallest absolute Gasteiger partial charge is 0.257 e. The van der Waals surface area contributed by atoms with Gasteiger partial charge in [0.25, 0.3) is 5.91 Å². The minimum atomic E-state index is 0.0554. The Labute approximate surface area is 181 Å². The number of nitrogens with one attached hydrogen (secondary N) is 1. The van der Waals surface area contributed by atoms with Crippen LogP contribution in [0.5, 0.6) is 0 Å². The maximum absolute atomic E-state index is 13.5. The Kier molecular flexibility index (Phi) is 4.16. The lowest BCUT2D eigenvalue weighted by Crippen LogP contribution is -2.36. The molecule has 31 heavy (non-hydrogen) atoms. The average molecular weight is 412 g/mol. The summed E-state index contributed by atoms with van der Waals surface area (Å²) in [5, 5.41) is 1.21. The number of para-hydroxylation sites is 2. The van der Waals surface area contributed by atoms with Crippen LogP contribution < -0.4 is 4.90 Å². The molecule has 2 aromatic carbocycles. The standard InChI is InChI=1S/C26H25N3O2/c1-17-14-18-6-2-5-9-24(18)29(17)16-25-20(11-13-31-25)26(30)28-12-10-23-21(15-28)19-7-3-4-8-22(19)27-23/h2-9,11,13,17,27H,10,12,14-16H2,1H3. The molecule has 1 atom stereocenters. The van der Waals surface area contributed by atoms with Crippen molar-refractivity contribution in [3.8, 4) is 0 Å². The molecule has 1 N–H and O–H groups in total. The number of hydrogen-bond donors (Lipinski definition) is 1. The largest absolute Gasteiger partial charge is 0.467 e. The molecule has 5 heteroatoms. The highest BCUT2D eigenvalue weighted by Crippen LogP contribution is 2.34. The highest BCUT2D eigenvalue weighted by Gasteiger charge is 2.30. The molecule has 0 spiro atoms. The molecule has 2 aliphatic rings. The summed E-state index contributed by atoms with van der Waals surface area (Å²) < 4.78 is 5.83. The lowest BCUT2D eigenvalue weighted by molar-refractivity contribution is 0.0732. The summed E-state index contributed by atoms with van der Waals surface area (Å²) in [4.78, 5) is 21.3. The number of furan rings is 1. The average Bonchev–Trinajstić information content (AvgIpc) is 3.49. The van der Waals surface area contributed by atoms with E-state index in [0.717, 1.165) is 24.1 Å². The van der Waals surface area contributed by atoms with Crippen LogP contribution >= 0.6 is 0 Å². The summed E-state index contributed by atoms with van der Waals surface area (Å²) in [6.07, 6.45) is 3.52. The molecule has 0 radical (unpaired) electrons. The minimum Gasteiger partial charge on any atom is -0.467 e. The number of amides is 1. The van der Waals surface area contributed by atoms with Gasteiger partial charge in [-0.05, 0) is 37.1 Å². The molecule has 1 amide bonds. The van der Waals surface area contributed by atoms with Gasteiger partial charge in [0.15, 0.2) is 0 Å². The molecule has 0 aliphatic carbocycles. The molecule has 5 nitrogen and oxygen atoms in total. The number of aromatic amines is 1. The van der Waals surface area contributed by atoms with E-state index in [0.29, 0.717) is 31.2 Å². The van der Waals surface area contributed by atoms with Crippen LogP contribution in [-0.4, -0.2) is 28.4 Å². The summed E-state index contributed by atoms with van der Waals surface area (Å²) in [6.45, 7) is 4.18. The molecule has 0 fully saturated rings. The maximum atomic E-state index is 13.5. The SMILES string of the molecule is CC1Cc2ccccc2N1Cc1occc1C(=O)N1CCc2[nH]c3ccccc3c2C1. The number of rotatable bonds is 3. The van der Waals surface area contributed by atoms with E-state index in [1.807, 2.05) is 17.0 Å². The van der Waals surface area contributed by atoms with Gasteiger partial charge in [0.1, 0.15) is 5.76 Å². The normalized spacial score (nSPS) is 17.8. The third-order valence-corrected chi connectivity index (χ3v) is 6.81. The Balaban J connectivity index is 1.26. The number of hydrogen-bond acceptors (Lipinski definition) is 3. The van der Waals surface area contributed by atoms with E-state index in [-0.39, 0.29) is 5.91 Å².